The molecule has 1 aliphatic rings. The molecule has 1 fully saturated rings. The van der Waals surface area contributed by atoms with Crippen LogP contribution in [0.4, 0.5) is 5.69 Å². The number of amides is 1. The Balaban J connectivity index is 1.94. The molecule has 144 valence electrons. The van der Waals surface area contributed by atoms with Crippen LogP contribution in [0.2, 0.25) is 5.02 Å². The van der Waals surface area contributed by atoms with Gasteiger partial charge >= 0.3 is 0 Å². The Kier molecular flexibility index (Phi) is 5.26. The Hall–Kier alpha value is -2.89. The van der Waals surface area contributed by atoms with Crippen molar-refractivity contribution in [1.82, 2.24) is 0 Å². The van der Waals surface area contributed by atoms with E-state index in [4.69, 9.17) is 11.6 Å². The molecular weight excluding hydrogens is 454 g/mol. The number of hydrogen-bond donors (Lipinski definition) is 1. The van der Waals surface area contributed by atoms with Crippen LogP contribution >= 0.6 is 27.5 Å². The highest BCUT2D eigenvalue weighted by atomic mass is 79.9. The molecule has 1 heterocycles. The van der Waals surface area contributed by atoms with E-state index >= 15 is 0 Å². The number of rotatable bonds is 3. The van der Waals surface area contributed by atoms with E-state index in [1.165, 1.54) is 4.90 Å². The van der Waals surface area contributed by atoms with Crippen molar-refractivity contribution in [1.29, 1.82) is 0 Å². The van der Waals surface area contributed by atoms with Crippen LogP contribution in [0.15, 0.2) is 88.9 Å². The molecule has 0 aromatic heterocycles. The van der Waals surface area contributed by atoms with Gasteiger partial charge in [0.1, 0.15) is 5.76 Å². The fourth-order valence-electron chi connectivity index (χ4n) is 3.41. The maximum absolute atomic E-state index is 13.0. The molecule has 0 saturated carbocycles. The number of benzene rings is 3. The first kappa shape index (κ1) is 19.4. The van der Waals surface area contributed by atoms with Crippen molar-refractivity contribution >= 4 is 50.7 Å². The second-order valence-corrected chi connectivity index (χ2v) is 7.92. The van der Waals surface area contributed by atoms with Crippen molar-refractivity contribution < 1.29 is 14.7 Å². The molecule has 1 amide bonds. The van der Waals surface area contributed by atoms with E-state index in [2.05, 4.69) is 15.9 Å². The number of ketones is 1. The number of anilines is 1. The molecule has 29 heavy (non-hydrogen) atoms. The van der Waals surface area contributed by atoms with Gasteiger partial charge in [0.15, 0.2) is 0 Å². The summed E-state index contributed by atoms with van der Waals surface area (Å²) in [6.45, 7) is 0. The van der Waals surface area contributed by atoms with Crippen LogP contribution in [0.3, 0.4) is 0 Å². The normalized spacial score (nSPS) is 18.3. The summed E-state index contributed by atoms with van der Waals surface area (Å²) in [4.78, 5) is 27.4. The molecule has 4 nitrogen and oxygen atoms in total. The van der Waals surface area contributed by atoms with E-state index in [9.17, 15) is 14.7 Å². The number of aliphatic hydroxyl groups excluding tert-OH is 1. The largest absolute Gasteiger partial charge is 0.507 e. The Morgan fingerprint density at radius 2 is 1.52 bits per heavy atom. The Labute approximate surface area is 181 Å². The second kappa shape index (κ2) is 7.85. The maximum Gasteiger partial charge on any atom is 0.300 e. The molecule has 3 aromatic carbocycles. The van der Waals surface area contributed by atoms with Crippen LogP contribution in [0, 0.1) is 0 Å². The molecule has 0 aliphatic carbocycles. The predicted octanol–water partition coefficient (Wildman–Crippen LogP) is 5.73. The Morgan fingerprint density at radius 1 is 0.897 bits per heavy atom. The summed E-state index contributed by atoms with van der Waals surface area (Å²) < 4.78 is 0.871. The van der Waals surface area contributed by atoms with Gasteiger partial charge in [0.2, 0.25) is 0 Å². The van der Waals surface area contributed by atoms with Crippen molar-refractivity contribution in [3.8, 4) is 0 Å². The number of carbonyl (C=O) groups is 2. The van der Waals surface area contributed by atoms with Gasteiger partial charge < -0.3 is 5.11 Å². The van der Waals surface area contributed by atoms with Gasteiger partial charge in [-0.25, -0.2) is 0 Å². The van der Waals surface area contributed by atoms with E-state index in [0.717, 1.165) is 4.47 Å². The lowest BCUT2D eigenvalue weighted by Crippen LogP contribution is -2.29. The molecule has 1 atom stereocenters. The molecular formula is C23H15BrClNO3. The van der Waals surface area contributed by atoms with E-state index < -0.39 is 17.7 Å². The highest BCUT2D eigenvalue weighted by Crippen LogP contribution is 2.42. The lowest BCUT2D eigenvalue weighted by atomic mass is 9.95. The maximum atomic E-state index is 13.0. The number of aliphatic hydroxyl groups is 1. The highest BCUT2D eigenvalue weighted by Gasteiger charge is 2.46. The first-order chi connectivity index (χ1) is 14.0. The molecule has 6 heteroatoms. The second-order valence-electron chi connectivity index (χ2n) is 6.56. The lowest BCUT2D eigenvalue weighted by molar-refractivity contribution is -0.132. The summed E-state index contributed by atoms with van der Waals surface area (Å²) in [6.07, 6.45) is 0. The van der Waals surface area contributed by atoms with Gasteiger partial charge in [-0.3, -0.25) is 14.5 Å². The quantitative estimate of drug-likeness (QED) is 0.303. The van der Waals surface area contributed by atoms with E-state index in [-0.39, 0.29) is 11.3 Å². The fourth-order valence-corrected chi connectivity index (χ4v) is 3.80. The van der Waals surface area contributed by atoms with Crippen molar-refractivity contribution in [2.24, 2.45) is 0 Å². The fraction of sp³-hybridized carbons (Fsp3) is 0.0435. The molecule has 4 rings (SSSR count). The topological polar surface area (TPSA) is 57.6 Å². The van der Waals surface area contributed by atoms with Crippen molar-refractivity contribution in [2.45, 2.75) is 6.04 Å². The minimum absolute atomic E-state index is 0.0449. The van der Waals surface area contributed by atoms with Gasteiger partial charge in [0.05, 0.1) is 11.6 Å². The molecule has 3 aromatic rings. The first-order valence-electron chi connectivity index (χ1n) is 8.85. The molecule has 1 N–H and O–H groups in total. The molecule has 0 radical (unpaired) electrons. The van der Waals surface area contributed by atoms with E-state index in [1.54, 1.807) is 48.5 Å². The zero-order chi connectivity index (χ0) is 20.5. The number of hydrogen-bond acceptors (Lipinski definition) is 3. The number of para-hydroxylation sites is 1. The van der Waals surface area contributed by atoms with Crippen LogP contribution in [-0.2, 0) is 9.59 Å². The van der Waals surface area contributed by atoms with Gasteiger partial charge in [0.25, 0.3) is 11.7 Å². The number of halogens is 2. The third kappa shape index (κ3) is 3.59. The third-order valence-electron chi connectivity index (χ3n) is 4.78. The Morgan fingerprint density at radius 3 is 2.14 bits per heavy atom. The van der Waals surface area contributed by atoms with E-state index in [1.807, 2.05) is 30.3 Å². The molecule has 0 spiro atoms. The van der Waals surface area contributed by atoms with Crippen molar-refractivity contribution in [2.75, 3.05) is 4.90 Å². The lowest BCUT2D eigenvalue weighted by Gasteiger charge is -2.25. The van der Waals surface area contributed by atoms with Crippen LogP contribution in [0.1, 0.15) is 17.2 Å². The summed E-state index contributed by atoms with van der Waals surface area (Å²) in [7, 11) is 0. The van der Waals surface area contributed by atoms with Crippen LogP contribution in [0.5, 0.6) is 0 Å². The minimum Gasteiger partial charge on any atom is -0.507 e. The van der Waals surface area contributed by atoms with Gasteiger partial charge in [-0.2, -0.15) is 0 Å². The summed E-state index contributed by atoms with van der Waals surface area (Å²) >= 11 is 9.34. The summed E-state index contributed by atoms with van der Waals surface area (Å²) in [5.41, 5.74) is 1.76. The average Bonchev–Trinajstić information content (AvgIpc) is 3.00. The zero-order valence-electron chi connectivity index (χ0n) is 15.0. The summed E-state index contributed by atoms with van der Waals surface area (Å²) in [6, 6.07) is 22.0. The molecule has 1 saturated heterocycles. The number of Topliss-reactive ketones (excluding diaryl/α,β-unsaturated/α-hetero) is 1. The van der Waals surface area contributed by atoms with Crippen LogP contribution < -0.4 is 4.90 Å². The van der Waals surface area contributed by atoms with Gasteiger partial charge in [-0.05, 0) is 54.1 Å². The summed E-state index contributed by atoms with van der Waals surface area (Å²) in [5, 5.41) is 11.5. The highest BCUT2D eigenvalue weighted by molar-refractivity contribution is 9.10. The van der Waals surface area contributed by atoms with E-state index in [0.29, 0.717) is 21.8 Å². The summed E-state index contributed by atoms with van der Waals surface area (Å²) in [5.74, 6) is -1.64. The van der Waals surface area contributed by atoms with Crippen molar-refractivity contribution in [3.05, 3.63) is 105 Å². The predicted molar refractivity (Wildman–Crippen MR) is 117 cm³/mol. The molecule has 1 aliphatic heterocycles. The smallest absolute Gasteiger partial charge is 0.300 e. The number of carbonyl (C=O) groups excluding carboxylic acids is 2. The molecule has 0 bridgehead atoms. The monoisotopic (exact) mass is 467 g/mol. The minimum atomic E-state index is -0.749. The average molecular weight is 469 g/mol. The van der Waals surface area contributed by atoms with Crippen molar-refractivity contribution in [3.63, 3.8) is 0 Å². The van der Waals surface area contributed by atoms with Gasteiger partial charge in [0, 0.05) is 20.7 Å². The standard InChI is InChI=1S/C23H15BrClNO3/c24-16-10-6-14(7-11-16)20-19(21(27)15-8-12-17(25)13-9-15)22(28)23(29)26(20)18-4-2-1-3-5-18/h1-13,20,27H/t20-/m0/s1. The zero-order valence-corrected chi connectivity index (χ0v) is 17.4. The van der Waals surface area contributed by atoms with Gasteiger partial charge in [-0.15, -0.1) is 0 Å². The Bertz CT molecular complexity index is 1110. The van der Waals surface area contributed by atoms with Crippen LogP contribution in [0.25, 0.3) is 5.76 Å². The SMILES string of the molecule is O=C1C(=O)N(c2ccccc2)[C@@H](c2ccc(Br)cc2)C1=C(O)c1ccc(Cl)cc1. The van der Waals surface area contributed by atoms with Crippen LogP contribution in [-0.4, -0.2) is 16.8 Å². The van der Waals surface area contributed by atoms with Gasteiger partial charge in [-0.1, -0.05) is 57.9 Å². The third-order valence-corrected chi connectivity index (χ3v) is 5.56. The molecule has 0 unspecified atom stereocenters. The number of nitrogens with zero attached hydrogens (tertiary/aromatic N) is 1. The first-order valence-corrected chi connectivity index (χ1v) is 10.0.